The maximum Gasteiger partial charge on any atom is 0.344 e. The van der Waals surface area contributed by atoms with E-state index in [0.29, 0.717) is 32.8 Å². The smallest absolute Gasteiger partial charge is 0.344 e. The van der Waals surface area contributed by atoms with Crippen molar-refractivity contribution < 1.29 is 12.8 Å². The molecule has 1 N–H and O–H groups in total. The van der Waals surface area contributed by atoms with Gasteiger partial charge in [0.05, 0.1) is 10.5 Å². The average Bonchev–Trinajstić information content (AvgIpc) is 2.68. The van der Waals surface area contributed by atoms with Gasteiger partial charge in [-0.05, 0) is 61.0 Å². The molecule has 0 aliphatic heterocycles. The Kier molecular flexibility index (Phi) is 4.90. The Hall–Kier alpha value is -3.09. The molecule has 3 aromatic carbocycles. The van der Waals surface area contributed by atoms with Crippen molar-refractivity contribution >= 4 is 38.3 Å². The molecular formula is C22H16ClNO4S. The van der Waals surface area contributed by atoms with Crippen molar-refractivity contribution in [2.45, 2.75) is 11.8 Å². The van der Waals surface area contributed by atoms with Gasteiger partial charge in [-0.2, -0.15) is 0 Å². The third-order valence-electron chi connectivity index (χ3n) is 4.47. The molecular weight excluding hydrogens is 410 g/mol. The van der Waals surface area contributed by atoms with Gasteiger partial charge in [0.15, 0.2) is 0 Å². The zero-order valence-electron chi connectivity index (χ0n) is 15.3. The summed E-state index contributed by atoms with van der Waals surface area (Å²) < 4.78 is 33.2. The Bertz CT molecular complexity index is 1360. The largest absolute Gasteiger partial charge is 0.422 e. The summed E-state index contributed by atoms with van der Waals surface area (Å²) in [5.74, 6) is 0. The minimum atomic E-state index is -3.73. The van der Waals surface area contributed by atoms with Gasteiger partial charge in [0.1, 0.15) is 5.58 Å². The first-order valence-corrected chi connectivity index (χ1v) is 10.6. The Morgan fingerprint density at radius 2 is 1.59 bits per heavy atom. The van der Waals surface area contributed by atoms with Gasteiger partial charge in [0, 0.05) is 16.1 Å². The Labute approximate surface area is 172 Å². The number of aryl methyl sites for hydroxylation is 1. The molecule has 0 aliphatic rings. The van der Waals surface area contributed by atoms with Crippen LogP contribution in [0.5, 0.6) is 0 Å². The van der Waals surface area contributed by atoms with Crippen molar-refractivity contribution in [2.75, 3.05) is 4.72 Å². The second-order valence-electron chi connectivity index (χ2n) is 6.63. The number of hydrogen-bond acceptors (Lipinski definition) is 4. The molecule has 0 unspecified atom stereocenters. The van der Waals surface area contributed by atoms with Crippen molar-refractivity contribution in [1.29, 1.82) is 0 Å². The van der Waals surface area contributed by atoms with Crippen LogP contribution in [0.15, 0.2) is 86.9 Å². The summed E-state index contributed by atoms with van der Waals surface area (Å²) in [6.45, 7) is 1.89. The number of nitrogens with one attached hydrogen (secondary N) is 1. The van der Waals surface area contributed by atoms with E-state index in [1.807, 2.05) is 6.92 Å². The highest BCUT2D eigenvalue weighted by Gasteiger charge is 2.15. The number of halogens is 1. The molecule has 5 nitrogen and oxygen atoms in total. The lowest BCUT2D eigenvalue weighted by atomic mass is 10.1. The van der Waals surface area contributed by atoms with E-state index >= 15 is 0 Å². The Balaban J connectivity index is 1.73. The molecule has 0 spiro atoms. The van der Waals surface area contributed by atoms with E-state index in [1.165, 1.54) is 0 Å². The van der Waals surface area contributed by atoms with Crippen LogP contribution in [0.4, 0.5) is 5.69 Å². The summed E-state index contributed by atoms with van der Waals surface area (Å²) in [6, 6.07) is 19.8. The highest BCUT2D eigenvalue weighted by atomic mass is 35.5. The normalized spacial score (nSPS) is 11.5. The van der Waals surface area contributed by atoms with E-state index in [0.717, 1.165) is 5.56 Å². The molecule has 146 valence electrons. The molecule has 0 fully saturated rings. The molecule has 4 aromatic rings. The minimum absolute atomic E-state index is 0.171. The molecule has 0 amide bonds. The standard InChI is InChI=1S/C22H16ClNO4S/c1-14-2-9-19(10-3-14)29(26,27)24-18-8-11-21-16(12-18)13-20(22(25)28-21)15-4-6-17(23)7-5-15/h2-13,24H,1H3. The van der Waals surface area contributed by atoms with Gasteiger partial charge in [-0.25, -0.2) is 13.2 Å². The number of rotatable bonds is 4. The fourth-order valence-electron chi connectivity index (χ4n) is 2.95. The van der Waals surface area contributed by atoms with E-state index < -0.39 is 15.6 Å². The molecule has 7 heteroatoms. The van der Waals surface area contributed by atoms with Crippen LogP contribution in [0.2, 0.25) is 5.02 Å². The van der Waals surface area contributed by atoms with Crippen molar-refractivity contribution in [3.05, 3.63) is 93.8 Å². The fraction of sp³-hybridized carbons (Fsp3) is 0.0455. The molecule has 0 atom stereocenters. The summed E-state index contributed by atoms with van der Waals surface area (Å²) in [6.07, 6.45) is 0. The molecule has 0 aliphatic carbocycles. The van der Waals surface area contributed by atoms with Crippen LogP contribution >= 0.6 is 11.6 Å². The van der Waals surface area contributed by atoms with Gasteiger partial charge in [-0.3, -0.25) is 4.72 Å². The van der Waals surface area contributed by atoms with Gasteiger partial charge in [-0.15, -0.1) is 0 Å². The van der Waals surface area contributed by atoms with Gasteiger partial charge in [-0.1, -0.05) is 41.4 Å². The van der Waals surface area contributed by atoms with Crippen molar-refractivity contribution in [1.82, 2.24) is 0 Å². The second-order valence-corrected chi connectivity index (χ2v) is 8.74. The third-order valence-corrected chi connectivity index (χ3v) is 6.12. The molecule has 29 heavy (non-hydrogen) atoms. The number of benzene rings is 3. The molecule has 1 aromatic heterocycles. The highest BCUT2D eigenvalue weighted by Crippen LogP contribution is 2.26. The van der Waals surface area contributed by atoms with Crippen LogP contribution in [0, 0.1) is 6.92 Å². The maximum absolute atomic E-state index is 12.6. The molecule has 1 heterocycles. The molecule has 0 saturated heterocycles. The quantitative estimate of drug-likeness (QED) is 0.454. The Morgan fingerprint density at radius 1 is 0.897 bits per heavy atom. The number of hydrogen-bond donors (Lipinski definition) is 1. The Morgan fingerprint density at radius 3 is 2.28 bits per heavy atom. The van der Waals surface area contributed by atoms with Crippen LogP contribution in [0.1, 0.15) is 5.56 Å². The summed E-state index contributed by atoms with van der Waals surface area (Å²) in [5.41, 5.74) is 2.26. The predicted molar refractivity (Wildman–Crippen MR) is 115 cm³/mol. The first kappa shape index (κ1) is 19.2. The number of fused-ring (bicyclic) bond motifs is 1. The summed E-state index contributed by atoms with van der Waals surface area (Å²) in [4.78, 5) is 12.5. The lowest BCUT2D eigenvalue weighted by Gasteiger charge is -2.09. The van der Waals surface area contributed by atoms with E-state index in [4.69, 9.17) is 16.0 Å². The van der Waals surface area contributed by atoms with Gasteiger partial charge in [0.25, 0.3) is 10.0 Å². The number of anilines is 1. The SMILES string of the molecule is Cc1ccc(S(=O)(=O)Nc2ccc3oc(=O)c(-c4ccc(Cl)cc4)cc3c2)cc1. The maximum atomic E-state index is 12.6. The fourth-order valence-corrected chi connectivity index (χ4v) is 4.12. The van der Waals surface area contributed by atoms with Gasteiger partial charge >= 0.3 is 5.63 Å². The van der Waals surface area contributed by atoms with Crippen molar-refractivity contribution in [3.63, 3.8) is 0 Å². The lowest BCUT2D eigenvalue weighted by Crippen LogP contribution is -2.13. The van der Waals surface area contributed by atoms with E-state index in [1.54, 1.807) is 72.8 Å². The van der Waals surface area contributed by atoms with Gasteiger partial charge in [0.2, 0.25) is 0 Å². The molecule has 0 bridgehead atoms. The van der Waals surface area contributed by atoms with Crippen LogP contribution in [0.3, 0.4) is 0 Å². The molecule has 0 radical (unpaired) electrons. The number of sulfonamides is 1. The second kappa shape index (κ2) is 7.39. The summed E-state index contributed by atoms with van der Waals surface area (Å²) in [5, 5.41) is 1.16. The zero-order chi connectivity index (χ0) is 20.6. The summed E-state index contributed by atoms with van der Waals surface area (Å²) in [7, 11) is -3.73. The van der Waals surface area contributed by atoms with Crippen LogP contribution < -0.4 is 10.3 Å². The first-order chi connectivity index (χ1) is 13.8. The predicted octanol–water partition coefficient (Wildman–Crippen LogP) is 5.22. The van der Waals surface area contributed by atoms with Crippen LogP contribution in [0.25, 0.3) is 22.1 Å². The van der Waals surface area contributed by atoms with E-state index in [-0.39, 0.29) is 4.90 Å². The van der Waals surface area contributed by atoms with Crippen molar-refractivity contribution in [2.24, 2.45) is 0 Å². The molecule has 0 saturated carbocycles. The monoisotopic (exact) mass is 425 g/mol. The van der Waals surface area contributed by atoms with Gasteiger partial charge < -0.3 is 4.42 Å². The topological polar surface area (TPSA) is 76.4 Å². The zero-order valence-corrected chi connectivity index (χ0v) is 16.9. The summed E-state index contributed by atoms with van der Waals surface area (Å²) >= 11 is 5.91. The lowest BCUT2D eigenvalue weighted by molar-refractivity contribution is 0.563. The minimum Gasteiger partial charge on any atom is -0.422 e. The van der Waals surface area contributed by atoms with Crippen LogP contribution in [-0.2, 0) is 10.0 Å². The average molecular weight is 426 g/mol. The van der Waals surface area contributed by atoms with E-state index in [2.05, 4.69) is 4.72 Å². The van der Waals surface area contributed by atoms with E-state index in [9.17, 15) is 13.2 Å². The highest BCUT2D eigenvalue weighted by molar-refractivity contribution is 7.92. The van der Waals surface area contributed by atoms with Crippen molar-refractivity contribution in [3.8, 4) is 11.1 Å². The first-order valence-electron chi connectivity index (χ1n) is 8.75. The van der Waals surface area contributed by atoms with Crippen LogP contribution in [-0.4, -0.2) is 8.42 Å². The molecule has 4 rings (SSSR count). The third kappa shape index (κ3) is 4.04.